The molecule has 1 aromatic heterocycles. The molecule has 3 aromatic rings. The summed E-state index contributed by atoms with van der Waals surface area (Å²) in [5.74, 6) is -0.339. The van der Waals surface area contributed by atoms with E-state index in [1.807, 2.05) is 0 Å². The highest BCUT2D eigenvalue weighted by molar-refractivity contribution is 5.91. The van der Waals surface area contributed by atoms with Crippen molar-refractivity contribution in [1.29, 1.82) is 0 Å². The van der Waals surface area contributed by atoms with Crippen LogP contribution in [-0.2, 0) is 11.3 Å². The van der Waals surface area contributed by atoms with Crippen molar-refractivity contribution < 1.29 is 9.72 Å². The molecule has 8 nitrogen and oxygen atoms in total. The van der Waals surface area contributed by atoms with E-state index in [0.29, 0.717) is 22.2 Å². The summed E-state index contributed by atoms with van der Waals surface area (Å²) in [6, 6.07) is 11.3. The van der Waals surface area contributed by atoms with Crippen LogP contribution in [0.1, 0.15) is 12.0 Å². The van der Waals surface area contributed by atoms with Crippen LogP contribution in [0.4, 0.5) is 11.4 Å². The second-order valence-corrected chi connectivity index (χ2v) is 5.81. The SMILES string of the molecule is Cc1ccc([N+](=O)[O-])cc1NC(=O)CCn1cnc2ccccc2c1=O. The molecule has 8 heteroatoms. The van der Waals surface area contributed by atoms with Gasteiger partial charge >= 0.3 is 0 Å². The fraction of sp³-hybridized carbons (Fsp3) is 0.167. The minimum absolute atomic E-state index is 0.0437. The van der Waals surface area contributed by atoms with Crippen molar-refractivity contribution >= 4 is 28.2 Å². The Morgan fingerprint density at radius 2 is 2.04 bits per heavy atom. The normalized spacial score (nSPS) is 10.7. The van der Waals surface area contributed by atoms with Crippen LogP contribution < -0.4 is 10.9 Å². The molecule has 0 radical (unpaired) electrons. The molecule has 0 saturated carbocycles. The summed E-state index contributed by atoms with van der Waals surface area (Å²) in [7, 11) is 0. The lowest BCUT2D eigenvalue weighted by Gasteiger charge is -2.09. The van der Waals surface area contributed by atoms with Gasteiger partial charge in [-0.3, -0.25) is 24.3 Å². The maximum Gasteiger partial charge on any atom is 0.271 e. The van der Waals surface area contributed by atoms with Crippen LogP contribution in [0.5, 0.6) is 0 Å². The predicted octanol–water partition coefficient (Wildman–Crippen LogP) is 2.64. The van der Waals surface area contributed by atoms with Crippen LogP contribution in [0, 0.1) is 17.0 Å². The number of hydrogen-bond acceptors (Lipinski definition) is 5. The van der Waals surface area contributed by atoms with Gasteiger partial charge in [-0.25, -0.2) is 4.98 Å². The maximum atomic E-state index is 12.4. The summed E-state index contributed by atoms with van der Waals surface area (Å²) in [4.78, 5) is 39.1. The molecule has 3 rings (SSSR count). The van der Waals surface area contributed by atoms with Gasteiger partial charge in [-0.15, -0.1) is 0 Å². The number of nitro groups is 1. The standard InChI is InChI=1S/C18H16N4O4/c1-12-6-7-13(22(25)26)10-16(12)20-17(23)8-9-21-11-19-15-5-3-2-4-14(15)18(21)24/h2-7,10-11H,8-9H2,1H3,(H,20,23). The van der Waals surface area contributed by atoms with Gasteiger partial charge in [0.1, 0.15) is 0 Å². The number of para-hydroxylation sites is 1. The van der Waals surface area contributed by atoms with E-state index >= 15 is 0 Å². The van der Waals surface area contributed by atoms with Crippen molar-refractivity contribution in [3.8, 4) is 0 Å². The molecular formula is C18H16N4O4. The molecule has 26 heavy (non-hydrogen) atoms. The van der Waals surface area contributed by atoms with Crippen LogP contribution in [0.25, 0.3) is 10.9 Å². The Morgan fingerprint density at radius 1 is 1.27 bits per heavy atom. The second kappa shape index (κ2) is 7.14. The first-order chi connectivity index (χ1) is 12.5. The number of carbonyl (C=O) groups excluding carboxylic acids is 1. The summed E-state index contributed by atoms with van der Waals surface area (Å²) < 4.78 is 1.38. The first-order valence-electron chi connectivity index (χ1n) is 7.95. The molecule has 0 spiro atoms. The number of anilines is 1. The molecule has 1 amide bonds. The minimum Gasteiger partial charge on any atom is -0.326 e. The molecule has 1 N–H and O–H groups in total. The number of carbonyl (C=O) groups is 1. The molecule has 0 aliphatic rings. The van der Waals surface area contributed by atoms with Gasteiger partial charge in [-0.05, 0) is 24.6 Å². The van der Waals surface area contributed by atoms with Crippen LogP contribution in [0.3, 0.4) is 0 Å². The molecule has 0 saturated heterocycles. The fourth-order valence-electron chi connectivity index (χ4n) is 2.56. The Kier molecular flexibility index (Phi) is 4.74. The van der Waals surface area contributed by atoms with E-state index in [-0.39, 0.29) is 30.1 Å². The van der Waals surface area contributed by atoms with Crippen molar-refractivity contribution in [2.75, 3.05) is 5.32 Å². The second-order valence-electron chi connectivity index (χ2n) is 5.81. The molecule has 0 atom stereocenters. The zero-order valence-corrected chi connectivity index (χ0v) is 14.0. The Bertz CT molecular complexity index is 1060. The average molecular weight is 352 g/mol. The first kappa shape index (κ1) is 17.3. The molecule has 0 aliphatic carbocycles. The van der Waals surface area contributed by atoms with E-state index < -0.39 is 4.92 Å². The summed E-state index contributed by atoms with van der Waals surface area (Å²) in [6.07, 6.45) is 1.46. The topological polar surface area (TPSA) is 107 Å². The number of rotatable bonds is 5. The van der Waals surface area contributed by atoms with Crippen molar-refractivity contribution in [3.05, 3.63) is 74.8 Å². The van der Waals surface area contributed by atoms with Crippen molar-refractivity contribution in [3.63, 3.8) is 0 Å². The lowest BCUT2D eigenvalue weighted by Crippen LogP contribution is -2.23. The van der Waals surface area contributed by atoms with Crippen LogP contribution in [0.2, 0.25) is 0 Å². The van der Waals surface area contributed by atoms with Gasteiger partial charge in [0.15, 0.2) is 0 Å². The maximum absolute atomic E-state index is 12.4. The Hall–Kier alpha value is -3.55. The fourth-order valence-corrected chi connectivity index (χ4v) is 2.56. The van der Waals surface area contributed by atoms with Crippen LogP contribution >= 0.6 is 0 Å². The molecular weight excluding hydrogens is 336 g/mol. The molecule has 132 valence electrons. The summed E-state index contributed by atoms with van der Waals surface area (Å²) in [5.41, 5.74) is 1.39. The number of nitrogens with one attached hydrogen (secondary N) is 1. The van der Waals surface area contributed by atoms with E-state index in [0.717, 1.165) is 0 Å². The van der Waals surface area contributed by atoms with Gasteiger partial charge in [0.2, 0.25) is 5.91 Å². The third-order valence-electron chi connectivity index (χ3n) is 4.02. The minimum atomic E-state index is -0.518. The third-order valence-corrected chi connectivity index (χ3v) is 4.02. The molecule has 0 unspecified atom stereocenters. The van der Waals surface area contributed by atoms with Crippen molar-refractivity contribution in [2.45, 2.75) is 19.9 Å². The monoisotopic (exact) mass is 352 g/mol. The number of fused-ring (bicyclic) bond motifs is 1. The van der Waals surface area contributed by atoms with Gasteiger partial charge < -0.3 is 5.32 Å². The van der Waals surface area contributed by atoms with Gasteiger partial charge in [0, 0.05) is 25.1 Å². The largest absolute Gasteiger partial charge is 0.326 e. The molecule has 1 heterocycles. The van der Waals surface area contributed by atoms with Crippen LogP contribution in [-0.4, -0.2) is 20.4 Å². The lowest BCUT2D eigenvalue weighted by atomic mass is 10.1. The lowest BCUT2D eigenvalue weighted by molar-refractivity contribution is -0.384. The van der Waals surface area contributed by atoms with Gasteiger partial charge in [-0.1, -0.05) is 18.2 Å². The van der Waals surface area contributed by atoms with Gasteiger partial charge in [-0.2, -0.15) is 0 Å². The molecule has 0 aliphatic heterocycles. The zero-order valence-electron chi connectivity index (χ0n) is 14.0. The van der Waals surface area contributed by atoms with E-state index in [1.165, 1.54) is 23.0 Å². The van der Waals surface area contributed by atoms with E-state index in [4.69, 9.17) is 0 Å². The number of aryl methyl sites for hydroxylation is 2. The zero-order chi connectivity index (χ0) is 18.7. The number of nitro benzene ring substituents is 1. The number of nitrogens with zero attached hydrogens (tertiary/aromatic N) is 3. The summed E-state index contributed by atoms with van der Waals surface area (Å²) in [5, 5.41) is 14.0. The number of hydrogen-bond donors (Lipinski definition) is 1. The van der Waals surface area contributed by atoms with E-state index in [9.17, 15) is 19.7 Å². The number of non-ortho nitro benzene ring substituents is 1. The van der Waals surface area contributed by atoms with Crippen molar-refractivity contribution in [1.82, 2.24) is 9.55 Å². The molecule has 0 bridgehead atoms. The highest BCUT2D eigenvalue weighted by Gasteiger charge is 2.12. The average Bonchev–Trinajstić information content (AvgIpc) is 2.63. The number of aromatic nitrogens is 2. The summed E-state index contributed by atoms with van der Waals surface area (Å²) >= 11 is 0. The van der Waals surface area contributed by atoms with Crippen LogP contribution in [0.15, 0.2) is 53.6 Å². The van der Waals surface area contributed by atoms with E-state index in [1.54, 1.807) is 37.3 Å². The quantitative estimate of drug-likeness (QED) is 0.561. The van der Waals surface area contributed by atoms with Crippen molar-refractivity contribution in [2.24, 2.45) is 0 Å². The Morgan fingerprint density at radius 3 is 2.81 bits per heavy atom. The van der Waals surface area contributed by atoms with Gasteiger partial charge in [0.05, 0.1) is 27.8 Å². The summed E-state index contributed by atoms with van der Waals surface area (Å²) in [6.45, 7) is 1.91. The van der Waals surface area contributed by atoms with E-state index in [2.05, 4.69) is 10.3 Å². The third kappa shape index (κ3) is 3.59. The first-order valence-corrected chi connectivity index (χ1v) is 7.95. The predicted molar refractivity (Wildman–Crippen MR) is 97.1 cm³/mol. The molecule has 0 fully saturated rings. The number of benzene rings is 2. The highest BCUT2D eigenvalue weighted by atomic mass is 16.6. The Balaban J connectivity index is 1.72. The Labute approximate surface area is 148 Å². The van der Waals surface area contributed by atoms with Gasteiger partial charge in [0.25, 0.3) is 11.2 Å². The highest BCUT2D eigenvalue weighted by Crippen LogP contribution is 2.22. The molecule has 2 aromatic carbocycles. The smallest absolute Gasteiger partial charge is 0.271 e. The number of amides is 1.